The summed E-state index contributed by atoms with van der Waals surface area (Å²) in [7, 11) is 0. The summed E-state index contributed by atoms with van der Waals surface area (Å²) in [4.78, 5) is 19.7. The number of hydrogen-bond donors (Lipinski definition) is 1. The van der Waals surface area contributed by atoms with Gasteiger partial charge in [0.25, 0.3) is 0 Å². The van der Waals surface area contributed by atoms with Crippen LogP contribution >= 0.6 is 0 Å². The molecule has 108 valence electrons. The Labute approximate surface area is 120 Å². The van der Waals surface area contributed by atoms with Crippen LogP contribution in [0.25, 0.3) is 11.0 Å². The third kappa shape index (κ3) is 2.37. The summed E-state index contributed by atoms with van der Waals surface area (Å²) in [6, 6.07) is 4.90. The molecular weight excluding hydrogens is 272 g/mol. The summed E-state index contributed by atoms with van der Waals surface area (Å²) in [6.07, 6.45) is 1.27. The van der Waals surface area contributed by atoms with E-state index in [4.69, 9.17) is 9.63 Å². The highest BCUT2D eigenvalue weighted by molar-refractivity contribution is 5.92. The predicted octanol–water partition coefficient (Wildman–Crippen LogP) is 2.29. The van der Waals surface area contributed by atoms with Gasteiger partial charge in [-0.15, -0.1) is 0 Å². The molecule has 2 aromatic heterocycles. The SMILES string of the molecule is CC(C)c1nc2ccc(C(=O)O)cc2n1Cc1ncon1. The second kappa shape index (κ2) is 5.01. The van der Waals surface area contributed by atoms with Gasteiger partial charge in [0.05, 0.1) is 23.1 Å². The molecule has 0 amide bonds. The summed E-state index contributed by atoms with van der Waals surface area (Å²) < 4.78 is 6.68. The number of aromatic carboxylic acids is 1. The van der Waals surface area contributed by atoms with Crippen LogP contribution in [0, 0.1) is 0 Å². The van der Waals surface area contributed by atoms with Crippen molar-refractivity contribution >= 4 is 17.0 Å². The Morgan fingerprint density at radius 2 is 2.24 bits per heavy atom. The van der Waals surface area contributed by atoms with Crippen molar-refractivity contribution in [1.29, 1.82) is 0 Å². The molecule has 0 bridgehead atoms. The van der Waals surface area contributed by atoms with Crippen LogP contribution in [-0.4, -0.2) is 30.8 Å². The maximum absolute atomic E-state index is 11.1. The Balaban J connectivity index is 2.18. The van der Waals surface area contributed by atoms with Gasteiger partial charge in [-0.3, -0.25) is 0 Å². The molecule has 1 N–H and O–H groups in total. The van der Waals surface area contributed by atoms with Gasteiger partial charge in [0.15, 0.2) is 5.82 Å². The first kappa shape index (κ1) is 13.3. The molecule has 0 saturated carbocycles. The number of carboxylic acid groups (broad SMARTS) is 1. The molecule has 0 spiro atoms. The topological polar surface area (TPSA) is 94.0 Å². The van der Waals surface area contributed by atoms with Gasteiger partial charge in [-0.1, -0.05) is 19.0 Å². The van der Waals surface area contributed by atoms with E-state index >= 15 is 0 Å². The summed E-state index contributed by atoms with van der Waals surface area (Å²) in [5.41, 5.74) is 1.74. The standard InChI is InChI=1S/C14H14N4O3/c1-8(2)13-16-10-4-3-9(14(19)20)5-11(10)18(13)6-12-15-7-21-17-12/h3-5,7-8H,6H2,1-2H3,(H,19,20). The van der Waals surface area contributed by atoms with Gasteiger partial charge in [0.2, 0.25) is 6.39 Å². The fraction of sp³-hybridized carbons (Fsp3) is 0.286. The molecule has 0 radical (unpaired) electrons. The van der Waals surface area contributed by atoms with E-state index < -0.39 is 5.97 Å². The van der Waals surface area contributed by atoms with Gasteiger partial charge in [0.1, 0.15) is 5.82 Å². The Kier molecular flexibility index (Phi) is 3.17. The zero-order valence-electron chi connectivity index (χ0n) is 11.6. The summed E-state index contributed by atoms with van der Waals surface area (Å²) in [5.74, 6) is 0.613. The lowest BCUT2D eigenvalue weighted by Crippen LogP contribution is -2.08. The zero-order chi connectivity index (χ0) is 15.0. The van der Waals surface area contributed by atoms with Crippen LogP contribution in [-0.2, 0) is 6.54 Å². The summed E-state index contributed by atoms with van der Waals surface area (Å²) in [6.45, 7) is 4.46. The van der Waals surface area contributed by atoms with Crippen LogP contribution < -0.4 is 0 Å². The lowest BCUT2D eigenvalue weighted by molar-refractivity contribution is 0.0697. The van der Waals surface area contributed by atoms with E-state index in [1.165, 1.54) is 6.39 Å². The minimum absolute atomic E-state index is 0.192. The third-order valence-electron chi connectivity index (χ3n) is 3.25. The lowest BCUT2D eigenvalue weighted by Gasteiger charge is -2.09. The highest BCUT2D eigenvalue weighted by Gasteiger charge is 2.17. The van der Waals surface area contributed by atoms with E-state index in [0.29, 0.717) is 12.4 Å². The fourth-order valence-corrected chi connectivity index (χ4v) is 2.28. The molecule has 7 nitrogen and oxygen atoms in total. The van der Waals surface area contributed by atoms with Crippen molar-refractivity contribution in [2.24, 2.45) is 0 Å². The van der Waals surface area contributed by atoms with Crippen LogP contribution in [0.4, 0.5) is 0 Å². The molecule has 2 heterocycles. The maximum Gasteiger partial charge on any atom is 0.335 e. The van der Waals surface area contributed by atoms with Gasteiger partial charge in [-0.2, -0.15) is 4.98 Å². The van der Waals surface area contributed by atoms with Gasteiger partial charge < -0.3 is 14.2 Å². The molecule has 3 rings (SSSR count). The molecule has 7 heteroatoms. The van der Waals surface area contributed by atoms with E-state index in [2.05, 4.69) is 15.1 Å². The van der Waals surface area contributed by atoms with E-state index in [-0.39, 0.29) is 11.5 Å². The first-order valence-electron chi connectivity index (χ1n) is 6.55. The van der Waals surface area contributed by atoms with Crippen molar-refractivity contribution in [3.05, 3.63) is 41.8 Å². The summed E-state index contributed by atoms with van der Waals surface area (Å²) >= 11 is 0. The third-order valence-corrected chi connectivity index (χ3v) is 3.25. The highest BCUT2D eigenvalue weighted by Crippen LogP contribution is 2.23. The highest BCUT2D eigenvalue weighted by atomic mass is 16.5. The Morgan fingerprint density at radius 3 is 2.86 bits per heavy atom. The van der Waals surface area contributed by atoms with Crippen LogP contribution in [0.1, 0.15) is 41.8 Å². The van der Waals surface area contributed by atoms with Crippen LogP contribution in [0.2, 0.25) is 0 Å². The van der Waals surface area contributed by atoms with Crippen molar-refractivity contribution < 1.29 is 14.4 Å². The molecular formula is C14H14N4O3. The largest absolute Gasteiger partial charge is 0.478 e. The van der Waals surface area contributed by atoms with E-state index in [1.807, 2.05) is 18.4 Å². The monoisotopic (exact) mass is 286 g/mol. The smallest absolute Gasteiger partial charge is 0.335 e. The van der Waals surface area contributed by atoms with Gasteiger partial charge in [-0.25, -0.2) is 9.78 Å². The maximum atomic E-state index is 11.1. The normalized spacial score (nSPS) is 11.4. The molecule has 21 heavy (non-hydrogen) atoms. The van der Waals surface area contributed by atoms with Crippen molar-refractivity contribution in [2.75, 3.05) is 0 Å². The van der Waals surface area contributed by atoms with Crippen molar-refractivity contribution in [2.45, 2.75) is 26.3 Å². The quantitative estimate of drug-likeness (QED) is 0.790. The molecule has 3 aromatic rings. The van der Waals surface area contributed by atoms with E-state index in [0.717, 1.165) is 16.9 Å². The van der Waals surface area contributed by atoms with E-state index in [1.54, 1.807) is 18.2 Å². The molecule has 0 aliphatic rings. The molecule has 0 aliphatic carbocycles. The molecule has 1 aromatic carbocycles. The number of rotatable bonds is 4. The molecule has 0 saturated heterocycles. The zero-order valence-corrected chi connectivity index (χ0v) is 11.6. The first-order chi connectivity index (χ1) is 10.1. The second-order valence-electron chi connectivity index (χ2n) is 5.07. The minimum atomic E-state index is -0.963. The molecule has 0 atom stereocenters. The first-order valence-corrected chi connectivity index (χ1v) is 6.55. The van der Waals surface area contributed by atoms with Crippen LogP contribution in [0.15, 0.2) is 29.1 Å². The van der Waals surface area contributed by atoms with Crippen molar-refractivity contribution in [1.82, 2.24) is 19.7 Å². The number of imidazole rings is 1. The number of aromatic nitrogens is 4. The Bertz CT molecular complexity index is 790. The Morgan fingerprint density at radius 1 is 1.43 bits per heavy atom. The fourth-order valence-electron chi connectivity index (χ4n) is 2.28. The minimum Gasteiger partial charge on any atom is -0.478 e. The Hall–Kier alpha value is -2.70. The number of nitrogens with zero attached hydrogens (tertiary/aromatic N) is 4. The van der Waals surface area contributed by atoms with Crippen molar-refractivity contribution in [3.63, 3.8) is 0 Å². The van der Waals surface area contributed by atoms with Gasteiger partial charge in [0, 0.05) is 5.92 Å². The second-order valence-corrected chi connectivity index (χ2v) is 5.07. The van der Waals surface area contributed by atoms with Gasteiger partial charge in [-0.05, 0) is 18.2 Å². The molecule has 0 fully saturated rings. The average molecular weight is 286 g/mol. The lowest BCUT2D eigenvalue weighted by atomic mass is 10.2. The van der Waals surface area contributed by atoms with Crippen LogP contribution in [0.5, 0.6) is 0 Å². The van der Waals surface area contributed by atoms with E-state index in [9.17, 15) is 4.79 Å². The van der Waals surface area contributed by atoms with Crippen LogP contribution in [0.3, 0.4) is 0 Å². The molecule has 0 aliphatic heterocycles. The predicted molar refractivity (Wildman–Crippen MR) is 74.2 cm³/mol. The number of carbonyl (C=O) groups is 1. The van der Waals surface area contributed by atoms with Crippen molar-refractivity contribution in [3.8, 4) is 0 Å². The number of hydrogen-bond acceptors (Lipinski definition) is 5. The molecule has 0 unspecified atom stereocenters. The number of fused-ring (bicyclic) bond motifs is 1. The summed E-state index contributed by atoms with van der Waals surface area (Å²) in [5, 5.41) is 12.9. The number of benzene rings is 1. The average Bonchev–Trinajstić information content (AvgIpc) is 3.06. The number of carboxylic acids is 1. The van der Waals surface area contributed by atoms with Gasteiger partial charge >= 0.3 is 5.97 Å².